The molecular formula is C32H31ClN2O5. The lowest BCUT2D eigenvalue weighted by Crippen LogP contribution is -2.38. The van der Waals surface area contributed by atoms with E-state index in [1.807, 2.05) is 36.4 Å². The summed E-state index contributed by atoms with van der Waals surface area (Å²) in [5, 5.41) is 15.1. The molecule has 1 atom stereocenters. The van der Waals surface area contributed by atoms with Gasteiger partial charge in [-0.1, -0.05) is 84.4 Å². The normalized spacial score (nSPS) is 15.1. The molecule has 0 radical (unpaired) electrons. The molecule has 1 amide bonds. The maximum atomic E-state index is 13.7. The molecule has 0 aromatic heterocycles. The monoisotopic (exact) mass is 558 g/mol. The van der Waals surface area contributed by atoms with Crippen LogP contribution in [-0.2, 0) is 19.1 Å². The molecule has 3 N–H and O–H groups in total. The third kappa shape index (κ3) is 6.79. The van der Waals surface area contributed by atoms with E-state index in [4.69, 9.17) is 21.4 Å². The summed E-state index contributed by atoms with van der Waals surface area (Å²) in [7, 11) is 0. The molecule has 0 bridgehead atoms. The van der Waals surface area contributed by atoms with Crippen LogP contribution in [0.5, 0.6) is 0 Å². The number of aliphatic carboxylic acids is 1. The van der Waals surface area contributed by atoms with Crippen LogP contribution in [0.2, 0.25) is 5.02 Å². The predicted octanol–water partition coefficient (Wildman–Crippen LogP) is 5.54. The van der Waals surface area contributed by atoms with Crippen molar-refractivity contribution < 1.29 is 24.2 Å². The Balaban J connectivity index is 1.61. The Bertz CT molecular complexity index is 1410. The minimum Gasteiger partial charge on any atom is -0.480 e. The van der Waals surface area contributed by atoms with Gasteiger partial charge < -0.3 is 20.5 Å². The van der Waals surface area contributed by atoms with Crippen molar-refractivity contribution in [1.29, 1.82) is 0 Å². The quantitative estimate of drug-likeness (QED) is 0.282. The van der Waals surface area contributed by atoms with Crippen molar-refractivity contribution in [2.24, 2.45) is 0 Å². The van der Waals surface area contributed by atoms with Crippen LogP contribution in [-0.4, -0.2) is 36.1 Å². The molecule has 3 aromatic carbocycles. The number of rotatable bonds is 10. The van der Waals surface area contributed by atoms with E-state index in [1.54, 1.807) is 38.1 Å². The van der Waals surface area contributed by atoms with Crippen molar-refractivity contribution in [3.05, 3.63) is 129 Å². The zero-order valence-corrected chi connectivity index (χ0v) is 23.1. The van der Waals surface area contributed by atoms with E-state index < -0.39 is 30.3 Å². The second kappa shape index (κ2) is 13.1. The van der Waals surface area contributed by atoms with Crippen molar-refractivity contribution in [3.63, 3.8) is 0 Å². The molecule has 0 fully saturated rings. The minimum atomic E-state index is -1.17. The molecule has 8 heteroatoms. The number of hydrogen-bond donors (Lipinski definition) is 3. The van der Waals surface area contributed by atoms with Gasteiger partial charge in [0.25, 0.3) is 0 Å². The Labute approximate surface area is 238 Å². The molecule has 7 nitrogen and oxygen atoms in total. The van der Waals surface area contributed by atoms with Crippen LogP contribution in [0.15, 0.2) is 107 Å². The van der Waals surface area contributed by atoms with Crippen molar-refractivity contribution in [3.8, 4) is 0 Å². The number of halogens is 1. The molecular weight excluding hydrogens is 528 g/mol. The molecule has 0 saturated heterocycles. The zero-order valence-electron chi connectivity index (χ0n) is 22.3. The van der Waals surface area contributed by atoms with Gasteiger partial charge in [0, 0.05) is 27.9 Å². The first kappa shape index (κ1) is 28.6. The summed E-state index contributed by atoms with van der Waals surface area (Å²) < 4.78 is 5.85. The van der Waals surface area contributed by atoms with Crippen molar-refractivity contribution in [1.82, 2.24) is 10.6 Å². The number of carbonyl (C=O) groups is 3. The Morgan fingerprint density at radius 1 is 0.900 bits per heavy atom. The Kier molecular flexibility index (Phi) is 9.40. The van der Waals surface area contributed by atoms with Gasteiger partial charge in [-0.3, -0.25) is 9.59 Å². The topological polar surface area (TPSA) is 105 Å². The number of ether oxygens (including phenoxy) is 1. The van der Waals surface area contributed by atoms with Crippen LogP contribution in [0.4, 0.5) is 0 Å². The lowest BCUT2D eigenvalue weighted by atomic mass is 9.80. The number of carboxylic acids is 1. The third-order valence-corrected chi connectivity index (χ3v) is 7.09. The number of hydrogen-bond acceptors (Lipinski definition) is 5. The summed E-state index contributed by atoms with van der Waals surface area (Å²) in [6, 6.07) is 27.0. The fourth-order valence-corrected chi connectivity index (χ4v) is 5.28. The minimum absolute atomic E-state index is 0.0259. The SMILES string of the molecule is CC1=C(C(=O)NCC(=O)O)C(c2cccc(Cl)c2)C(C(=O)OCCC(c2ccccc2)c2ccccc2)=C(C)N1. The summed E-state index contributed by atoms with van der Waals surface area (Å²) in [5.41, 5.74) is 4.41. The molecule has 0 spiro atoms. The maximum absolute atomic E-state index is 13.7. The van der Waals surface area contributed by atoms with Gasteiger partial charge in [0.05, 0.1) is 18.1 Å². The summed E-state index contributed by atoms with van der Waals surface area (Å²) in [6.45, 7) is 3.06. The second-order valence-electron chi connectivity index (χ2n) is 9.57. The molecule has 1 aliphatic heterocycles. The summed E-state index contributed by atoms with van der Waals surface area (Å²) in [4.78, 5) is 38.0. The number of amides is 1. The van der Waals surface area contributed by atoms with E-state index in [9.17, 15) is 14.4 Å². The largest absolute Gasteiger partial charge is 0.480 e. The average molecular weight is 559 g/mol. The number of esters is 1. The highest BCUT2D eigenvalue weighted by Gasteiger charge is 2.37. The highest BCUT2D eigenvalue weighted by Crippen LogP contribution is 2.39. The van der Waals surface area contributed by atoms with E-state index in [-0.39, 0.29) is 23.7 Å². The van der Waals surface area contributed by atoms with E-state index in [2.05, 4.69) is 34.9 Å². The maximum Gasteiger partial charge on any atom is 0.336 e. The van der Waals surface area contributed by atoms with E-state index in [1.165, 1.54) is 0 Å². The van der Waals surface area contributed by atoms with Gasteiger partial charge >= 0.3 is 11.9 Å². The smallest absolute Gasteiger partial charge is 0.336 e. The van der Waals surface area contributed by atoms with Gasteiger partial charge in [0.15, 0.2) is 0 Å². The molecule has 4 rings (SSSR count). The first-order valence-electron chi connectivity index (χ1n) is 13.0. The average Bonchev–Trinajstić information content (AvgIpc) is 2.94. The van der Waals surface area contributed by atoms with Crippen molar-refractivity contribution in [2.45, 2.75) is 32.1 Å². The van der Waals surface area contributed by atoms with Gasteiger partial charge in [-0.25, -0.2) is 4.79 Å². The van der Waals surface area contributed by atoms with Crippen LogP contribution in [0.3, 0.4) is 0 Å². The van der Waals surface area contributed by atoms with Crippen molar-refractivity contribution >= 4 is 29.4 Å². The highest BCUT2D eigenvalue weighted by atomic mass is 35.5. The number of benzene rings is 3. The van der Waals surface area contributed by atoms with E-state index in [0.29, 0.717) is 28.4 Å². The molecule has 1 heterocycles. The van der Waals surface area contributed by atoms with Gasteiger partial charge in [-0.05, 0) is 49.1 Å². The standard InChI is InChI=1S/C32H31ClN2O5/c1-20-28(31(38)34-19-27(36)37)30(24-14-9-15-25(33)18-24)29(21(2)35-20)32(39)40-17-16-26(22-10-5-3-6-11-22)23-12-7-4-8-13-23/h3-15,18,26,30,35H,16-17,19H2,1-2H3,(H,34,38)(H,36,37). The summed E-state index contributed by atoms with van der Waals surface area (Å²) in [6.07, 6.45) is 0.558. The Hall–Kier alpha value is -4.36. The first-order chi connectivity index (χ1) is 19.3. The zero-order chi connectivity index (χ0) is 28.6. The van der Waals surface area contributed by atoms with Gasteiger partial charge in [-0.15, -0.1) is 0 Å². The second-order valence-corrected chi connectivity index (χ2v) is 10.0. The third-order valence-electron chi connectivity index (χ3n) is 6.85. The molecule has 206 valence electrons. The highest BCUT2D eigenvalue weighted by molar-refractivity contribution is 6.30. The molecule has 40 heavy (non-hydrogen) atoms. The fourth-order valence-electron chi connectivity index (χ4n) is 5.08. The summed E-state index contributed by atoms with van der Waals surface area (Å²) in [5.74, 6) is -3.11. The summed E-state index contributed by atoms with van der Waals surface area (Å²) >= 11 is 6.29. The van der Waals surface area contributed by atoms with E-state index >= 15 is 0 Å². The molecule has 0 aliphatic carbocycles. The number of carbonyl (C=O) groups excluding carboxylic acids is 2. The molecule has 1 aliphatic rings. The predicted molar refractivity (Wildman–Crippen MR) is 154 cm³/mol. The van der Waals surface area contributed by atoms with Crippen LogP contribution in [0, 0.1) is 0 Å². The van der Waals surface area contributed by atoms with E-state index in [0.717, 1.165) is 11.1 Å². The molecule has 0 saturated carbocycles. The number of dihydropyridines is 1. The van der Waals surface area contributed by atoms with Gasteiger partial charge in [-0.2, -0.15) is 0 Å². The van der Waals surface area contributed by atoms with Crippen LogP contribution in [0.1, 0.15) is 48.8 Å². The van der Waals surface area contributed by atoms with Crippen molar-refractivity contribution in [2.75, 3.05) is 13.2 Å². The lowest BCUT2D eigenvalue weighted by molar-refractivity contribution is -0.140. The van der Waals surface area contributed by atoms with Crippen LogP contribution >= 0.6 is 11.6 Å². The Morgan fingerprint density at radius 3 is 2.08 bits per heavy atom. The molecule has 3 aromatic rings. The van der Waals surface area contributed by atoms with Crippen LogP contribution in [0.25, 0.3) is 0 Å². The number of carboxylic acid groups (broad SMARTS) is 1. The first-order valence-corrected chi connectivity index (χ1v) is 13.3. The molecule has 1 unspecified atom stereocenters. The fraction of sp³-hybridized carbons (Fsp3) is 0.219. The van der Waals surface area contributed by atoms with Crippen LogP contribution < -0.4 is 10.6 Å². The Morgan fingerprint density at radius 2 is 1.50 bits per heavy atom. The lowest BCUT2D eigenvalue weighted by Gasteiger charge is -2.31. The number of nitrogens with one attached hydrogen (secondary N) is 2. The van der Waals surface area contributed by atoms with Gasteiger partial charge in [0.1, 0.15) is 6.54 Å². The van der Waals surface area contributed by atoms with Gasteiger partial charge in [0.2, 0.25) is 5.91 Å². The number of allylic oxidation sites excluding steroid dienone is 2.